The van der Waals surface area contributed by atoms with Crippen LogP contribution in [-0.4, -0.2) is 98.8 Å². The lowest BCUT2D eigenvalue weighted by Gasteiger charge is -2.35. The third kappa shape index (κ3) is 5.30. The van der Waals surface area contributed by atoms with Crippen molar-refractivity contribution in [1.29, 1.82) is 0 Å². The lowest BCUT2D eigenvalue weighted by molar-refractivity contribution is 0.0625. The fraction of sp³-hybridized carbons (Fsp3) is 0.696. The van der Waals surface area contributed by atoms with E-state index in [2.05, 4.69) is 9.80 Å². The summed E-state index contributed by atoms with van der Waals surface area (Å²) < 4.78 is 27.7. The number of hydrogen-bond acceptors (Lipinski definition) is 5. The minimum atomic E-state index is -3.54. The molecule has 0 N–H and O–H groups in total. The van der Waals surface area contributed by atoms with Crippen molar-refractivity contribution in [3.05, 3.63) is 29.3 Å². The van der Waals surface area contributed by atoms with E-state index in [0.29, 0.717) is 31.7 Å². The van der Waals surface area contributed by atoms with E-state index in [1.54, 1.807) is 22.5 Å². The van der Waals surface area contributed by atoms with Crippen LogP contribution >= 0.6 is 0 Å². The molecule has 0 radical (unpaired) electrons. The molecule has 0 unspecified atom stereocenters. The molecular formula is C23H36N4O3S. The van der Waals surface area contributed by atoms with Crippen molar-refractivity contribution in [2.24, 2.45) is 0 Å². The van der Waals surface area contributed by atoms with E-state index in [1.165, 1.54) is 25.9 Å². The Kier molecular flexibility index (Phi) is 7.31. The molecule has 1 aromatic rings. The van der Waals surface area contributed by atoms with Gasteiger partial charge in [-0.1, -0.05) is 12.5 Å². The van der Waals surface area contributed by atoms with Gasteiger partial charge in [-0.2, -0.15) is 4.31 Å². The first kappa shape index (κ1) is 22.7. The fourth-order valence-electron chi connectivity index (χ4n) is 4.88. The molecule has 0 bridgehead atoms. The Morgan fingerprint density at radius 1 is 0.806 bits per heavy atom. The number of benzene rings is 1. The molecule has 0 aromatic heterocycles. The van der Waals surface area contributed by atoms with Gasteiger partial charge in [0.25, 0.3) is 5.91 Å². The summed E-state index contributed by atoms with van der Waals surface area (Å²) in [5.41, 5.74) is 1.35. The summed E-state index contributed by atoms with van der Waals surface area (Å²) in [6.07, 6.45) is 5.51. The molecule has 0 saturated carbocycles. The highest BCUT2D eigenvalue weighted by atomic mass is 32.2. The normalized spacial score (nSPS) is 22.2. The molecule has 3 heterocycles. The number of nitrogens with zero attached hydrogens (tertiary/aromatic N) is 4. The van der Waals surface area contributed by atoms with Gasteiger partial charge >= 0.3 is 0 Å². The number of rotatable bonds is 6. The van der Waals surface area contributed by atoms with Crippen LogP contribution in [-0.2, 0) is 10.0 Å². The van der Waals surface area contributed by atoms with E-state index in [4.69, 9.17) is 0 Å². The summed E-state index contributed by atoms with van der Waals surface area (Å²) in [4.78, 5) is 20.3. The van der Waals surface area contributed by atoms with Crippen molar-refractivity contribution in [2.75, 3.05) is 65.4 Å². The standard InChI is InChI=1S/C23H36N4O3S/c1-20-7-8-21(31(29,30)27-11-3-2-4-12-27)19-22(20)23(28)26-17-15-25(16-18-26)14-13-24-9-5-6-10-24/h7-8,19H,2-6,9-18H2,1H3. The Hall–Kier alpha value is -1.48. The van der Waals surface area contributed by atoms with E-state index in [-0.39, 0.29) is 10.8 Å². The molecule has 3 aliphatic rings. The average Bonchev–Trinajstić information content (AvgIpc) is 3.32. The Morgan fingerprint density at radius 3 is 2.03 bits per heavy atom. The molecule has 172 valence electrons. The number of carbonyl (C=O) groups excluding carboxylic acids is 1. The second kappa shape index (κ2) is 9.98. The summed E-state index contributed by atoms with van der Waals surface area (Å²) >= 11 is 0. The minimum Gasteiger partial charge on any atom is -0.336 e. The first-order valence-electron chi connectivity index (χ1n) is 11.8. The van der Waals surface area contributed by atoms with Gasteiger partial charge in [0.15, 0.2) is 0 Å². The van der Waals surface area contributed by atoms with Gasteiger partial charge in [-0.15, -0.1) is 0 Å². The molecule has 1 aromatic carbocycles. The Labute approximate surface area is 187 Å². The Balaban J connectivity index is 1.38. The number of hydrogen-bond donors (Lipinski definition) is 0. The highest BCUT2D eigenvalue weighted by Gasteiger charge is 2.29. The third-order valence-electron chi connectivity index (χ3n) is 6.98. The number of sulfonamides is 1. The van der Waals surface area contributed by atoms with E-state index in [9.17, 15) is 13.2 Å². The van der Waals surface area contributed by atoms with Gasteiger partial charge in [-0.05, 0) is 63.4 Å². The summed E-state index contributed by atoms with van der Waals surface area (Å²) in [6, 6.07) is 5.02. The molecule has 0 atom stereocenters. The van der Waals surface area contributed by atoms with Gasteiger partial charge in [0, 0.05) is 57.9 Å². The van der Waals surface area contributed by atoms with E-state index in [1.807, 2.05) is 11.8 Å². The number of piperidine rings is 1. The zero-order valence-electron chi connectivity index (χ0n) is 18.8. The summed E-state index contributed by atoms with van der Waals surface area (Å²) in [5.74, 6) is -0.0487. The van der Waals surface area contributed by atoms with Crippen molar-refractivity contribution in [3.63, 3.8) is 0 Å². The number of carbonyl (C=O) groups is 1. The number of aryl methyl sites for hydroxylation is 1. The van der Waals surface area contributed by atoms with E-state index < -0.39 is 10.0 Å². The van der Waals surface area contributed by atoms with Gasteiger partial charge in [-0.3, -0.25) is 9.69 Å². The molecule has 1 amide bonds. The number of likely N-dealkylation sites (tertiary alicyclic amines) is 1. The van der Waals surface area contributed by atoms with Crippen molar-refractivity contribution in [1.82, 2.24) is 19.0 Å². The topological polar surface area (TPSA) is 64.2 Å². The molecule has 31 heavy (non-hydrogen) atoms. The summed E-state index contributed by atoms with van der Waals surface area (Å²) in [7, 11) is -3.54. The molecule has 7 nitrogen and oxygen atoms in total. The largest absolute Gasteiger partial charge is 0.336 e. The van der Waals surface area contributed by atoms with Crippen LogP contribution in [0, 0.1) is 6.92 Å². The van der Waals surface area contributed by atoms with E-state index >= 15 is 0 Å². The van der Waals surface area contributed by atoms with Crippen LogP contribution in [0.1, 0.15) is 48.0 Å². The first-order valence-corrected chi connectivity index (χ1v) is 13.2. The molecule has 8 heteroatoms. The number of amides is 1. The lowest BCUT2D eigenvalue weighted by Crippen LogP contribution is -2.50. The number of piperazine rings is 1. The van der Waals surface area contributed by atoms with Crippen LogP contribution < -0.4 is 0 Å². The SMILES string of the molecule is Cc1ccc(S(=O)(=O)N2CCCCC2)cc1C(=O)N1CCN(CCN2CCCC2)CC1. The molecular weight excluding hydrogens is 412 g/mol. The maximum absolute atomic E-state index is 13.2. The quantitative estimate of drug-likeness (QED) is 0.666. The Morgan fingerprint density at radius 2 is 1.39 bits per heavy atom. The zero-order chi connectivity index (χ0) is 21.8. The lowest BCUT2D eigenvalue weighted by atomic mass is 10.1. The second-order valence-corrected chi connectivity index (χ2v) is 11.1. The smallest absolute Gasteiger partial charge is 0.254 e. The van der Waals surface area contributed by atoms with Crippen LogP contribution in [0.15, 0.2) is 23.1 Å². The predicted octanol–water partition coefficient (Wildman–Crippen LogP) is 2.02. The monoisotopic (exact) mass is 448 g/mol. The van der Waals surface area contributed by atoms with Gasteiger partial charge in [-0.25, -0.2) is 8.42 Å². The second-order valence-electron chi connectivity index (χ2n) is 9.12. The van der Waals surface area contributed by atoms with Crippen LogP contribution in [0.25, 0.3) is 0 Å². The van der Waals surface area contributed by atoms with Gasteiger partial charge < -0.3 is 9.80 Å². The van der Waals surface area contributed by atoms with Crippen LogP contribution in [0.2, 0.25) is 0 Å². The first-order chi connectivity index (χ1) is 14.9. The summed E-state index contributed by atoms with van der Waals surface area (Å²) in [5, 5.41) is 0. The molecule has 0 aliphatic carbocycles. The average molecular weight is 449 g/mol. The highest BCUT2D eigenvalue weighted by molar-refractivity contribution is 7.89. The predicted molar refractivity (Wildman–Crippen MR) is 122 cm³/mol. The maximum Gasteiger partial charge on any atom is 0.254 e. The molecule has 3 saturated heterocycles. The summed E-state index contributed by atoms with van der Waals surface area (Å²) in [6.45, 7) is 10.8. The van der Waals surface area contributed by atoms with E-state index in [0.717, 1.165) is 51.0 Å². The van der Waals surface area contributed by atoms with Gasteiger partial charge in [0.05, 0.1) is 4.90 Å². The fourth-order valence-corrected chi connectivity index (χ4v) is 6.42. The van der Waals surface area contributed by atoms with Gasteiger partial charge in [0.1, 0.15) is 0 Å². The molecule has 3 fully saturated rings. The third-order valence-corrected chi connectivity index (χ3v) is 8.88. The van der Waals surface area contributed by atoms with Crippen molar-refractivity contribution >= 4 is 15.9 Å². The van der Waals surface area contributed by atoms with Crippen molar-refractivity contribution in [3.8, 4) is 0 Å². The molecule has 3 aliphatic heterocycles. The highest BCUT2D eigenvalue weighted by Crippen LogP contribution is 2.24. The van der Waals surface area contributed by atoms with Crippen molar-refractivity contribution < 1.29 is 13.2 Å². The van der Waals surface area contributed by atoms with Crippen LogP contribution in [0.5, 0.6) is 0 Å². The maximum atomic E-state index is 13.2. The van der Waals surface area contributed by atoms with Crippen LogP contribution in [0.4, 0.5) is 0 Å². The Bertz CT molecular complexity index is 869. The minimum absolute atomic E-state index is 0.0487. The van der Waals surface area contributed by atoms with Crippen molar-refractivity contribution in [2.45, 2.75) is 43.9 Å². The molecule has 0 spiro atoms. The van der Waals surface area contributed by atoms with Crippen LogP contribution in [0.3, 0.4) is 0 Å². The zero-order valence-corrected chi connectivity index (χ0v) is 19.6. The molecule has 4 rings (SSSR count). The van der Waals surface area contributed by atoms with Gasteiger partial charge in [0.2, 0.25) is 10.0 Å².